The first-order valence-corrected chi connectivity index (χ1v) is 10.00. The molecule has 1 saturated carbocycles. The molecule has 1 unspecified atom stereocenters. The highest BCUT2D eigenvalue weighted by Crippen LogP contribution is 2.50. The van der Waals surface area contributed by atoms with Crippen molar-refractivity contribution < 1.29 is 14.1 Å². The van der Waals surface area contributed by atoms with Gasteiger partial charge < -0.3 is 18.7 Å². The van der Waals surface area contributed by atoms with Crippen molar-refractivity contribution in [1.29, 1.82) is 0 Å². The zero-order valence-corrected chi connectivity index (χ0v) is 16.7. The molecule has 3 heterocycles. The Hall–Kier alpha value is -3.09. The van der Waals surface area contributed by atoms with E-state index >= 15 is 0 Å². The largest absolute Gasteiger partial charge is 0.497 e. The molecule has 2 fully saturated rings. The minimum absolute atomic E-state index is 0.0899. The van der Waals surface area contributed by atoms with Gasteiger partial charge in [-0.2, -0.15) is 4.98 Å². The van der Waals surface area contributed by atoms with E-state index in [4.69, 9.17) is 9.26 Å². The van der Waals surface area contributed by atoms with Crippen molar-refractivity contribution in [2.75, 3.05) is 20.2 Å². The lowest BCUT2D eigenvalue weighted by atomic mass is 9.94. The van der Waals surface area contributed by atoms with Crippen LogP contribution in [0.5, 0.6) is 5.75 Å². The summed E-state index contributed by atoms with van der Waals surface area (Å²) in [5.41, 5.74) is 1.63. The summed E-state index contributed by atoms with van der Waals surface area (Å²) in [6.07, 6.45) is 4.60. The lowest BCUT2D eigenvalue weighted by Gasteiger charge is -2.23. The molecule has 0 bridgehead atoms. The van der Waals surface area contributed by atoms with Crippen LogP contribution in [0.25, 0.3) is 11.5 Å². The maximum Gasteiger partial charge on any atom is 0.233 e. The molecule has 3 aromatic rings. The molecule has 7 heteroatoms. The number of amides is 1. The first-order valence-electron chi connectivity index (χ1n) is 10.00. The number of ether oxygens (including phenoxy) is 1. The standard InChI is InChI=1S/C22H24N4O3/c1-25-12-3-4-18(25)19-23-20(29-24-19)15-9-13-26(14-15)21(27)22(10-11-22)16-5-7-17(28-2)8-6-16/h3-8,12,15H,9-11,13-14H2,1-2H3. The molecule has 1 aromatic carbocycles. The summed E-state index contributed by atoms with van der Waals surface area (Å²) in [4.78, 5) is 19.9. The molecular formula is C22H24N4O3. The van der Waals surface area contributed by atoms with Crippen LogP contribution in [0, 0.1) is 0 Å². The van der Waals surface area contributed by atoms with Crippen LogP contribution in [0.15, 0.2) is 47.1 Å². The van der Waals surface area contributed by atoms with E-state index in [1.165, 1.54) is 0 Å². The number of hydrogen-bond acceptors (Lipinski definition) is 5. The second-order valence-corrected chi connectivity index (χ2v) is 8.01. The van der Waals surface area contributed by atoms with Crippen molar-refractivity contribution >= 4 is 5.91 Å². The zero-order valence-electron chi connectivity index (χ0n) is 16.7. The maximum atomic E-state index is 13.3. The van der Waals surface area contributed by atoms with E-state index in [0.717, 1.165) is 42.8 Å². The van der Waals surface area contributed by atoms with Gasteiger partial charge in [0.05, 0.1) is 24.1 Å². The van der Waals surface area contributed by atoms with Crippen LogP contribution < -0.4 is 4.74 Å². The maximum absolute atomic E-state index is 13.3. The predicted octanol–water partition coefficient (Wildman–Crippen LogP) is 3.13. The summed E-state index contributed by atoms with van der Waals surface area (Å²) in [6.45, 7) is 1.36. The van der Waals surface area contributed by atoms with Crippen LogP contribution in [0.2, 0.25) is 0 Å². The van der Waals surface area contributed by atoms with Gasteiger partial charge in [-0.1, -0.05) is 17.3 Å². The van der Waals surface area contributed by atoms with Crippen molar-refractivity contribution in [1.82, 2.24) is 19.6 Å². The Morgan fingerprint density at radius 2 is 2.03 bits per heavy atom. The molecule has 0 spiro atoms. The monoisotopic (exact) mass is 392 g/mol. The number of rotatable bonds is 5. The van der Waals surface area contributed by atoms with Crippen molar-refractivity contribution in [2.24, 2.45) is 7.05 Å². The highest BCUT2D eigenvalue weighted by atomic mass is 16.5. The van der Waals surface area contributed by atoms with E-state index in [9.17, 15) is 4.79 Å². The Labute approximate surface area is 169 Å². The van der Waals surface area contributed by atoms with E-state index in [-0.39, 0.29) is 17.2 Å². The minimum atomic E-state index is -0.371. The molecule has 2 aromatic heterocycles. The highest BCUT2D eigenvalue weighted by Gasteiger charge is 2.54. The first-order chi connectivity index (χ1) is 14.1. The molecule has 1 saturated heterocycles. The van der Waals surface area contributed by atoms with E-state index in [1.54, 1.807) is 7.11 Å². The lowest BCUT2D eigenvalue weighted by Crippen LogP contribution is -2.37. The lowest BCUT2D eigenvalue weighted by molar-refractivity contribution is -0.132. The van der Waals surface area contributed by atoms with Gasteiger partial charge in [0.15, 0.2) is 0 Å². The third-order valence-electron chi connectivity index (χ3n) is 6.24. The summed E-state index contributed by atoms with van der Waals surface area (Å²) in [7, 11) is 3.60. The second-order valence-electron chi connectivity index (χ2n) is 8.01. The molecule has 1 amide bonds. The average molecular weight is 392 g/mol. The van der Waals surface area contributed by atoms with Crippen molar-refractivity contribution in [2.45, 2.75) is 30.6 Å². The van der Waals surface area contributed by atoms with Crippen LogP contribution in [-0.2, 0) is 17.3 Å². The molecule has 7 nitrogen and oxygen atoms in total. The fourth-order valence-corrected chi connectivity index (χ4v) is 4.31. The van der Waals surface area contributed by atoms with Crippen LogP contribution in [-0.4, -0.2) is 45.7 Å². The summed E-state index contributed by atoms with van der Waals surface area (Å²) >= 11 is 0. The normalized spacial score (nSPS) is 20.1. The van der Waals surface area contributed by atoms with E-state index < -0.39 is 0 Å². The molecule has 150 valence electrons. The molecular weight excluding hydrogens is 368 g/mol. The summed E-state index contributed by atoms with van der Waals surface area (Å²) in [6, 6.07) is 11.8. The topological polar surface area (TPSA) is 73.4 Å². The molecule has 1 aliphatic heterocycles. The molecule has 29 heavy (non-hydrogen) atoms. The number of likely N-dealkylation sites (tertiary alicyclic amines) is 1. The number of carbonyl (C=O) groups excluding carboxylic acids is 1. The van der Waals surface area contributed by atoms with Gasteiger partial charge in [0, 0.05) is 26.3 Å². The molecule has 2 aliphatic rings. The van der Waals surface area contributed by atoms with Crippen molar-refractivity contribution in [3.05, 3.63) is 54.0 Å². The van der Waals surface area contributed by atoms with Crippen LogP contribution in [0.1, 0.15) is 36.6 Å². The summed E-state index contributed by atoms with van der Waals surface area (Å²) in [5.74, 6) is 2.32. The Kier molecular flexibility index (Phi) is 4.19. The van der Waals surface area contributed by atoms with Crippen LogP contribution in [0.3, 0.4) is 0 Å². The summed E-state index contributed by atoms with van der Waals surface area (Å²) < 4.78 is 12.7. The molecule has 0 N–H and O–H groups in total. The number of benzene rings is 1. The second kappa shape index (κ2) is 6.76. The van der Waals surface area contributed by atoms with Gasteiger partial charge in [0.1, 0.15) is 5.75 Å². The van der Waals surface area contributed by atoms with Gasteiger partial charge in [-0.25, -0.2) is 0 Å². The Balaban J connectivity index is 1.30. The number of aryl methyl sites for hydroxylation is 1. The fourth-order valence-electron chi connectivity index (χ4n) is 4.31. The van der Waals surface area contributed by atoms with E-state index in [1.807, 2.05) is 59.1 Å². The molecule has 0 radical (unpaired) electrons. The molecule has 5 rings (SSSR count). The van der Waals surface area contributed by atoms with Gasteiger partial charge in [-0.05, 0) is 49.1 Å². The van der Waals surface area contributed by atoms with Gasteiger partial charge in [0.25, 0.3) is 0 Å². The number of methoxy groups -OCH3 is 1. The number of hydrogen-bond donors (Lipinski definition) is 0. The number of carbonyl (C=O) groups is 1. The first kappa shape index (κ1) is 18.0. The minimum Gasteiger partial charge on any atom is -0.497 e. The average Bonchev–Trinajstić information content (AvgIpc) is 3.09. The van der Waals surface area contributed by atoms with Gasteiger partial charge in [-0.15, -0.1) is 0 Å². The van der Waals surface area contributed by atoms with Crippen LogP contribution >= 0.6 is 0 Å². The summed E-state index contributed by atoms with van der Waals surface area (Å²) in [5, 5.41) is 4.14. The number of aromatic nitrogens is 3. The third-order valence-corrected chi connectivity index (χ3v) is 6.24. The van der Waals surface area contributed by atoms with Gasteiger partial charge in [0.2, 0.25) is 17.6 Å². The molecule has 1 atom stereocenters. The van der Waals surface area contributed by atoms with Crippen LogP contribution in [0.4, 0.5) is 0 Å². The highest BCUT2D eigenvalue weighted by molar-refractivity contribution is 5.91. The van der Waals surface area contributed by atoms with Crippen molar-refractivity contribution in [3.8, 4) is 17.3 Å². The van der Waals surface area contributed by atoms with E-state index in [0.29, 0.717) is 18.3 Å². The predicted molar refractivity (Wildman–Crippen MR) is 107 cm³/mol. The fraction of sp³-hybridized carbons (Fsp3) is 0.409. The van der Waals surface area contributed by atoms with E-state index in [2.05, 4.69) is 10.1 Å². The Bertz CT molecular complexity index is 1030. The smallest absolute Gasteiger partial charge is 0.233 e. The van der Waals surface area contributed by atoms with Gasteiger partial charge in [-0.3, -0.25) is 4.79 Å². The SMILES string of the molecule is COc1ccc(C2(C(=O)N3CCC(c4nc(-c5cccn5C)no4)C3)CC2)cc1. The quantitative estimate of drug-likeness (QED) is 0.667. The molecule has 1 aliphatic carbocycles. The van der Waals surface area contributed by atoms with Gasteiger partial charge >= 0.3 is 0 Å². The Morgan fingerprint density at radius 3 is 2.69 bits per heavy atom. The third kappa shape index (κ3) is 3.01. The van der Waals surface area contributed by atoms with Crippen molar-refractivity contribution in [3.63, 3.8) is 0 Å². The Morgan fingerprint density at radius 1 is 1.24 bits per heavy atom. The zero-order chi connectivity index (χ0) is 20.0. The number of nitrogens with zero attached hydrogens (tertiary/aromatic N) is 4.